The van der Waals surface area contributed by atoms with Gasteiger partial charge in [0.2, 0.25) is 0 Å². The molecule has 2 aliphatic rings. The molecule has 1 aliphatic heterocycles. The summed E-state index contributed by atoms with van der Waals surface area (Å²) in [6, 6.07) is 5.93. The van der Waals surface area contributed by atoms with Gasteiger partial charge in [-0.1, -0.05) is 0 Å². The first-order valence-electron chi connectivity index (χ1n) is 11.2. The van der Waals surface area contributed by atoms with E-state index in [-0.39, 0.29) is 11.1 Å². The first kappa shape index (κ1) is 21.3. The fourth-order valence-corrected chi connectivity index (χ4v) is 4.60. The van der Waals surface area contributed by atoms with Crippen molar-refractivity contribution in [1.29, 1.82) is 0 Å². The van der Waals surface area contributed by atoms with Crippen LogP contribution in [0.4, 0.5) is 0 Å². The Kier molecular flexibility index (Phi) is 4.84. The van der Waals surface area contributed by atoms with Crippen LogP contribution in [0.25, 0.3) is 22.4 Å². The molecule has 172 valence electrons. The van der Waals surface area contributed by atoms with Crippen molar-refractivity contribution in [2.24, 2.45) is 0 Å². The molecule has 0 amide bonds. The Morgan fingerprint density at radius 1 is 1.15 bits per heavy atom. The van der Waals surface area contributed by atoms with E-state index < -0.39 is 11.4 Å². The molecule has 0 saturated heterocycles. The summed E-state index contributed by atoms with van der Waals surface area (Å²) < 4.78 is 9.58. The van der Waals surface area contributed by atoms with Gasteiger partial charge < -0.3 is 14.9 Å². The van der Waals surface area contributed by atoms with Gasteiger partial charge in [0.25, 0.3) is 0 Å². The van der Waals surface area contributed by atoms with E-state index in [1.54, 1.807) is 11.8 Å². The second kappa shape index (κ2) is 7.50. The topological polar surface area (TPSA) is 89.6 Å². The third-order valence-electron chi connectivity index (χ3n) is 6.68. The minimum absolute atomic E-state index is 0.247. The van der Waals surface area contributed by atoms with Crippen molar-refractivity contribution < 1.29 is 14.6 Å². The number of hydrogen-bond acceptors (Lipinski definition) is 5. The lowest BCUT2D eigenvalue weighted by Crippen LogP contribution is -2.51. The number of carboxylic acids is 1. The molecule has 3 aromatic rings. The highest BCUT2D eigenvalue weighted by molar-refractivity contribution is 5.88. The van der Waals surface area contributed by atoms with Gasteiger partial charge in [-0.05, 0) is 57.7 Å². The number of rotatable bonds is 4. The number of carboxylic acid groups (broad SMARTS) is 1. The number of aromatic nitrogens is 3. The van der Waals surface area contributed by atoms with Crippen molar-refractivity contribution in [1.82, 2.24) is 14.5 Å². The maximum atomic E-state index is 12.6. The van der Waals surface area contributed by atoms with Crippen LogP contribution in [0.3, 0.4) is 0 Å². The van der Waals surface area contributed by atoms with Crippen molar-refractivity contribution >= 4 is 5.97 Å². The predicted octanol–water partition coefficient (Wildman–Crippen LogP) is 4.06. The third kappa shape index (κ3) is 3.50. The highest BCUT2D eigenvalue weighted by Gasteiger charge is 2.31. The zero-order chi connectivity index (χ0) is 23.5. The second-order valence-electron chi connectivity index (χ2n) is 9.82. The third-order valence-corrected chi connectivity index (χ3v) is 6.68. The lowest BCUT2D eigenvalue weighted by atomic mass is 9.93. The molecule has 8 heteroatoms. The quantitative estimate of drug-likeness (QED) is 0.647. The molecule has 1 fully saturated rings. The SMILES string of the molecule is COc1cc2c(cc1-c1cnn(C3CCC3)c1)CN(C(C)(C)C)n1cc(C(=O)O)c(=O)cc1-2. The molecule has 33 heavy (non-hydrogen) atoms. The number of aromatic carboxylic acids is 1. The zero-order valence-corrected chi connectivity index (χ0v) is 19.3. The summed E-state index contributed by atoms with van der Waals surface area (Å²) in [6.45, 7) is 6.75. The minimum atomic E-state index is -1.23. The van der Waals surface area contributed by atoms with Gasteiger partial charge in [-0.25, -0.2) is 4.79 Å². The van der Waals surface area contributed by atoms with Gasteiger partial charge in [0, 0.05) is 40.7 Å². The number of ether oxygens (including phenoxy) is 1. The first-order chi connectivity index (χ1) is 15.7. The number of fused-ring (bicyclic) bond motifs is 3. The Balaban J connectivity index is 1.68. The van der Waals surface area contributed by atoms with Gasteiger partial charge >= 0.3 is 5.97 Å². The van der Waals surface area contributed by atoms with Crippen molar-refractivity contribution in [3.8, 4) is 28.1 Å². The lowest BCUT2D eigenvalue weighted by molar-refractivity contribution is 0.0694. The molecular weight excluding hydrogens is 420 g/mol. The van der Waals surface area contributed by atoms with Gasteiger partial charge in [-0.3, -0.25) is 14.2 Å². The molecule has 1 saturated carbocycles. The smallest absolute Gasteiger partial charge is 0.341 e. The Morgan fingerprint density at radius 2 is 1.91 bits per heavy atom. The number of hydrogen-bond donors (Lipinski definition) is 1. The molecule has 1 N–H and O–H groups in total. The number of carbonyl (C=O) groups is 1. The number of pyridine rings is 1. The fraction of sp³-hybridized carbons (Fsp3) is 0.400. The summed E-state index contributed by atoms with van der Waals surface area (Å²) in [6.07, 6.45) is 8.95. The van der Waals surface area contributed by atoms with E-state index in [1.807, 2.05) is 16.9 Å². The Bertz CT molecular complexity index is 1310. The summed E-state index contributed by atoms with van der Waals surface area (Å²) in [5.74, 6) is -0.543. The zero-order valence-electron chi connectivity index (χ0n) is 19.3. The van der Waals surface area contributed by atoms with Crippen molar-refractivity contribution in [2.45, 2.75) is 58.2 Å². The summed E-state index contributed by atoms with van der Waals surface area (Å²) in [4.78, 5) is 24.2. The largest absolute Gasteiger partial charge is 0.496 e. The molecular formula is C25H28N4O4. The van der Waals surface area contributed by atoms with Gasteiger partial charge in [0.15, 0.2) is 5.43 Å². The molecule has 3 heterocycles. The normalized spacial score (nSPS) is 15.6. The van der Waals surface area contributed by atoms with E-state index in [1.165, 1.54) is 18.7 Å². The summed E-state index contributed by atoms with van der Waals surface area (Å²) in [5, 5.41) is 16.2. The van der Waals surface area contributed by atoms with Gasteiger partial charge in [-0.15, -0.1) is 0 Å². The summed E-state index contributed by atoms with van der Waals surface area (Å²) in [5.41, 5.74) is 3.42. The number of methoxy groups -OCH3 is 1. The Morgan fingerprint density at radius 3 is 2.52 bits per heavy atom. The van der Waals surface area contributed by atoms with E-state index in [9.17, 15) is 14.7 Å². The van der Waals surface area contributed by atoms with Crippen LogP contribution in [0.15, 0.2) is 41.6 Å². The van der Waals surface area contributed by atoms with Crippen LogP contribution < -0.4 is 15.2 Å². The monoisotopic (exact) mass is 448 g/mol. The maximum Gasteiger partial charge on any atom is 0.341 e. The van der Waals surface area contributed by atoms with Crippen molar-refractivity contribution in [3.05, 3.63) is 58.1 Å². The number of nitrogens with zero attached hydrogens (tertiary/aromatic N) is 4. The van der Waals surface area contributed by atoms with Crippen molar-refractivity contribution in [2.75, 3.05) is 12.1 Å². The van der Waals surface area contributed by atoms with E-state index in [0.717, 1.165) is 35.1 Å². The average Bonchev–Trinajstić information content (AvgIpc) is 3.18. The van der Waals surface area contributed by atoms with Crippen LogP contribution >= 0.6 is 0 Å². The first-order valence-corrected chi connectivity index (χ1v) is 11.2. The van der Waals surface area contributed by atoms with Crippen LogP contribution in [0.2, 0.25) is 0 Å². The molecule has 2 aromatic heterocycles. The Labute approximate surface area is 192 Å². The molecule has 5 rings (SSSR count). The summed E-state index contributed by atoms with van der Waals surface area (Å²) in [7, 11) is 1.63. The average molecular weight is 449 g/mol. The van der Waals surface area contributed by atoms with E-state index in [2.05, 4.69) is 43.1 Å². The molecule has 1 aromatic carbocycles. The summed E-state index contributed by atoms with van der Waals surface area (Å²) >= 11 is 0. The van der Waals surface area contributed by atoms with Crippen LogP contribution in [-0.4, -0.2) is 38.2 Å². The van der Waals surface area contributed by atoms with E-state index in [0.29, 0.717) is 24.0 Å². The van der Waals surface area contributed by atoms with Crippen molar-refractivity contribution in [3.63, 3.8) is 0 Å². The lowest BCUT2D eigenvalue weighted by Gasteiger charge is -2.44. The highest BCUT2D eigenvalue weighted by Crippen LogP contribution is 2.41. The number of benzene rings is 1. The maximum absolute atomic E-state index is 12.6. The fourth-order valence-electron chi connectivity index (χ4n) is 4.60. The van der Waals surface area contributed by atoms with Gasteiger partial charge in [-0.2, -0.15) is 5.10 Å². The molecule has 0 atom stereocenters. The predicted molar refractivity (Wildman–Crippen MR) is 125 cm³/mol. The molecule has 0 spiro atoms. The van der Waals surface area contributed by atoms with Gasteiger partial charge in [0.05, 0.1) is 31.6 Å². The van der Waals surface area contributed by atoms with E-state index in [4.69, 9.17) is 4.74 Å². The van der Waals surface area contributed by atoms with E-state index >= 15 is 0 Å². The molecule has 0 unspecified atom stereocenters. The van der Waals surface area contributed by atoms with Crippen LogP contribution in [0.5, 0.6) is 5.75 Å². The minimum Gasteiger partial charge on any atom is -0.496 e. The van der Waals surface area contributed by atoms with Gasteiger partial charge in [0.1, 0.15) is 11.3 Å². The molecule has 0 radical (unpaired) electrons. The molecule has 1 aliphatic carbocycles. The van der Waals surface area contributed by atoms with Crippen LogP contribution in [0, 0.1) is 0 Å². The molecule has 0 bridgehead atoms. The Hall–Kier alpha value is -3.55. The highest BCUT2D eigenvalue weighted by atomic mass is 16.5. The van der Waals surface area contributed by atoms with Crippen LogP contribution in [0.1, 0.15) is 62.0 Å². The second-order valence-corrected chi connectivity index (χ2v) is 9.82. The molecule has 8 nitrogen and oxygen atoms in total. The van der Waals surface area contributed by atoms with Crippen LogP contribution in [-0.2, 0) is 6.54 Å². The standard InChI is InChI=1S/C25H28N4O4/c1-25(2,3)29-13-15-8-19(16-11-26-27(12-16)17-6-5-7-17)23(33-4)9-18(15)21-10-22(30)20(24(31)32)14-28(21)29/h8-12,14,17H,5-7,13H2,1-4H3,(H,31,32).